The molecule has 2 N–H and O–H groups in total. The van der Waals surface area contributed by atoms with Crippen LogP contribution in [0.25, 0.3) is 0 Å². The van der Waals surface area contributed by atoms with E-state index in [1.807, 2.05) is 0 Å². The lowest BCUT2D eigenvalue weighted by molar-refractivity contribution is 0.395. The van der Waals surface area contributed by atoms with Crippen LogP contribution in [0.3, 0.4) is 0 Å². The van der Waals surface area contributed by atoms with E-state index in [0.717, 1.165) is 5.56 Å². The van der Waals surface area contributed by atoms with Crippen molar-refractivity contribution in [2.24, 2.45) is 5.73 Å². The molecule has 0 saturated carbocycles. The normalized spacial score (nSPS) is 11.7. The monoisotopic (exact) mass is 253 g/mol. The zero-order valence-corrected chi connectivity index (χ0v) is 9.95. The largest absolute Gasteiger partial charge is 0.496 e. The Labute approximate surface area is 100.0 Å². The van der Waals surface area contributed by atoms with Gasteiger partial charge >= 0.3 is 0 Å². The third-order valence-electron chi connectivity index (χ3n) is 2.01. The van der Waals surface area contributed by atoms with Crippen molar-refractivity contribution in [3.8, 4) is 5.75 Å². The first kappa shape index (κ1) is 14.5. The quantitative estimate of drug-likeness (QED) is 0.895. The molecular weight excluding hydrogens is 240 g/mol. The Morgan fingerprint density at radius 1 is 1.53 bits per heavy atom. The van der Waals surface area contributed by atoms with Gasteiger partial charge in [0.2, 0.25) is 0 Å². The number of nitrogens with two attached hydrogens (primary N) is 1. The van der Waals surface area contributed by atoms with E-state index in [4.69, 9.17) is 22.1 Å². The van der Waals surface area contributed by atoms with E-state index < -0.39 is 6.67 Å². The van der Waals surface area contributed by atoms with E-state index in [1.165, 1.54) is 0 Å². The summed E-state index contributed by atoms with van der Waals surface area (Å²) in [6.45, 7) is -0.448. The van der Waals surface area contributed by atoms with Crippen LogP contribution in [0.4, 0.5) is 4.39 Å². The summed E-state index contributed by atoms with van der Waals surface area (Å²) in [6, 6.07) is 4.79. The highest BCUT2D eigenvalue weighted by molar-refractivity contribution is 6.30. The van der Waals surface area contributed by atoms with Crippen LogP contribution in [0.15, 0.2) is 18.2 Å². The Hall–Kier alpha value is -0.510. The Bertz CT molecular complexity index is 309. The number of methoxy groups -OCH3 is 1. The van der Waals surface area contributed by atoms with Gasteiger partial charge in [-0.25, -0.2) is 0 Å². The summed E-state index contributed by atoms with van der Waals surface area (Å²) in [5.74, 6) is 0.648. The molecular formula is C10H14Cl2FNO. The second kappa shape index (κ2) is 6.88. The molecule has 0 aliphatic rings. The Balaban J connectivity index is 0.00000196. The molecule has 2 nitrogen and oxygen atoms in total. The molecule has 1 aromatic carbocycles. The maximum atomic E-state index is 12.1. The molecule has 86 valence electrons. The lowest BCUT2D eigenvalue weighted by Gasteiger charge is -2.14. The van der Waals surface area contributed by atoms with Crippen LogP contribution in [0.1, 0.15) is 18.0 Å². The van der Waals surface area contributed by atoms with Crippen molar-refractivity contribution in [2.45, 2.75) is 12.5 Å². The smallest absolute Gasteiger partial charge is 0.123 e. The molecule has 1 aromatic rings. The number of hydrogen-bond acceptors (Lipinski definition) is 2. The van der Waals surface area contributed by atoms with Crippen LogP contribution in [0.5, 0.6) is 5.75 Å². The molecule has 5 heteroatoms. The summed E-state index contributed by atoms with van der Waals surface area (Å²) in [6.07, 6.45) is 0.275. The number of alkyl halides is 1. The third-order valence-corrected chi connectivity index (χ3v) is 2.25. The topological polar surface area (TPSA) is 35.2 Å². The van der Waals surface area contributed by atoms with Crippen molar-refractivity contribution in [3.05, 3.63) is 28.8 Å². The average Bonchev–Trinajstić information content (AvgIpc) is 2.18. The Morgan fingerprint density at radius 2 is 2.20 bits per heavy atom. The highest BCUT2D eigenvalue weighted by atomic mass is 35.5. The molecule has 0 spiro atoms. The molecule has 0 bridgehead atoms. The molecule has 0 aliphatic heterocycles. The van der Waals surface area contributed by atoms with Crippen LogP contribution in [0, 0.1) is 0 Å². The van der Waals surface area contributed by atoms with Crippen LogP contribution >= 0.6 is 24.0 Å². The maximum absolute atomic E-state index is 12.1. The zero-order valence-electron chi connectivity index (χ0n) is 8.37. The highest BCUT2D eigenvalue weighted by Gasteiger charge is 2.11. The molecule has 0 saturated heterocycles. The lowest BCUT2D eigenvalue weighted by atomic mass is 10.0. The predicted molar refractivity (Wildman–Crippen MR) is 62.8 cm³/mol. The summed E-state index contributed by atoms with van der Waals surface area (Å²) in [5, 5.41) is 0.579. The van der Waals surface area contributed by atoms with E-state index >= 15 is 0 Å². The molecule has 0 unspecified atom stereocenters. The summed E-state index contributed by atoms with van der Waals surface area (Å²) >= 11 is 5.81. The number of ether oxygens (including phenoxy) is 1. The molecule has 1 rings (SSSR count). The van der Waals surface area contributed by atoms with Crippen LogP contribution in [-0.2, 0) is 0 Å². The molecule has 0 fully saturated rings. The average molecular weight is 254 g/mol. The van der Waals surface area contributed by atoms with E-state index in [-0.39, 0.29) is 24.9 Å². The van der Waals surface area contributed by atoms with Gasteiger partial charge in [0, 0.05) is 16.6 Å². The van der Waals surface area contributed by atoms with Crippen LogP contribution in [-0.4, -0.2) is 13.8 Å². The van der Waals surface area contributed by atoms with Gasteiger partial charge in [-0.2, -0.15) is 0 Å². The number of benzene rings is 1. The van der Waals surface area contributed by atoms with Crippen LogP contribution < -0.4 is 10.5 Å². The van der Waals surface area contributed by atoms with Crippen molar-refractivity contribution < 1.29 is 9.13 Å². The van der Waals surface area contributed by atoms with Gasteiger partial charge in [-0.05, 0) is 24.6 Å². The molecule has 1 atom stereocenters. The summed E-state index contributed by atoms with van der Waals surface area (Å²) in [7, 11) is 1.55. The fourth-order valence-corrected chi connectivity index (χ4v) is 1.45. The van der Waals surface area contributed by atoms with E-state index in [2.05, 4.69) is 0 Å². The zero-order chi connectivity index (χ0) is 10.6. The summed E-state index contributed by atoms with van der Waals surface area (Å²) < 4.78 is 17.2. The summed E-state index contributed by atoms with van der Waals surface area (Å²) in [5.41, 5.74) is 6.52. The van der Waals surface area contributed by atoms with Crippen molar-refractivity contribution in [2.75, 3.05) is 13.8 Å². The highest BCUT2D eigenvalue weighted by Crippen LogP contribution is 2.28. The minimum atomic E-state index is -0.448. The number of rotatable bonds is 4. The van der Waals surface area contributed by atoms with Gasteiger partial charge in [0.25, 0.3) is 0 Å². The molecule has 0 radical (unpaired) electrons. The molecule has 0 heterocycles. The first-order valence-electron chi connectivity index (χ1n) is 4.34. The van der Waals surface area contributed by atoms with Crippen LogP contribution in [0.2, 0.25) is 5.02 Å². The van der Waals surface area contributed by atoms with Crippen molar-refractivity contribution in [1.82, 2.24) is 0 Å². The standard InChI is InChI=1S/C10H13ClFNO.ClH/c1-14-10-3-2-7(11)6-8(10)9(13)4-5-12;/h2-3,6,9H,4-5,13H2,1H3;1H/t9-;/m0./s1. The fourth-order valence-electron chi connectivity index (χ4n) is 1.27. The summed E-state index contributed by atoms with van der Waals surface area (Å²) in [4.78, 5) is 0. The molecule has 0 aromatic heterocycles. The van der Waals surface area contributed by atoms with E-state index in [9.17, 15) is 4.39 Å². The predicted octanol–water partition coefficient (Wildman–Crippen LogP) is 3.13. The van der Waals surface area contributed by atoms with Gasteiger partial charge in [0.15, 0.2) is 0 Å². The molecule has 0 amide bonds. The lowest BCUT2D eigenvalue weighted by Crippen LogP contribution is -2.12. The minimum Gasteiger partial charge on any atom is -0.496 e. The van der Waals surface area contributed by atoms with Gasteiger partial charge in [0.05, 0.1) is 13.8 Å². The van der Waals surface area contributed by atoms with Gasteiger partial charge in [-0.1, -0.05) is 11.6 Å². The first-order chi connectivity index (χ1) is 6.69. The van der Waals surface area contributed by atoms with Gasteiger partial charge in [-0.15, -0.1) is 12.4 Å². The van der Waals surface area contributed by atoms with Crippen molar-refractivity contribution in [1.29, 1.82) is 0 Å². The Morgan fingerprint density at radius 3 is 2.73 bits per heavy atom. The Kier molecular flexibility index (Phi) is 6.65. The SMILES string of the molecule is COc1ccc(Cl)cc1[C@@H](N)CCF.Cl. The second-order valence-electron chi connectivity index (χ2n) is 2.97. The van der Waals surface area contributed by atoms with E-state index in [1.54, 1.807) is 25.3 Å². The number of hydrogen-bond donors (Lipinski definition) is 1. The van der Waals surface area contributed by atoms with E-state index in [0.29, 0.717) is 10.8 Å². The maximum Gasteiger partial charge on any atom is 0.123 e. The molecule has 0 aliphatic carbocycles. The van der Waals surface area contributed by atoms with Gasteiger partial charge in [0.1, 0.15) is 5.75 Å². The van der Waals surface area contributed by atoms with Gasteiger partial charge in [-0.3, -0.25) is 4.39 Å². The third kappa shape index (κ3) is 3.86. The van der Waals surface area contributed by atoms with Crippen molar-refractivity contribution in [3.63, 3.8) is 0 Å². The second-order valence-corrected chi connectivity index (χ2v) is 3.41. The number of halogens is 3. The van der Waals surface area contributed by atoms with Gasteiger partial charge < -0.3 is 10.5 Å². The fraction of sp³-hybridized carbons (Fsp3) is 0.400. The minimum absolute atomic E-state index is 0. The molecule has 15 heavy (non-hydrogen) atoms. The van der Waals surface area contributed by atoms with Crippen molar-refractivity contribution >= 4 is 24.0 Å². The first-order valence-corrected chi connectivity index (χ1v) is 4.71.